The summed E-state index contributed by atoms with van der Waals surface area (Å²) in [7, 11) is 0. The highest BCUT2D eigenvalue weighted by Gasteiger charge is 2.18. The monoisotopic (exact) mass is 270 g/mol. The molecule has 2 aromatic rings. The Hall–Kier alpha value is -2.03. The molecule has 0 unspecified atom stereocenters. The van der Waals surface area contributed by atoms with E-state index in [4.69, 9.17) is 0 Å². The van der Waals surface area contributed by atoms with Crippen LogP contribution in [0.15, 0.2) is 54.6 Å². The number of benzene rings is 2. The Morgan fingerprint density at radius 3 is 2.20 bits per heavy atom. The summed E-state index contributed by atoms with van der Waals surface area (Å²) >= 11 is 0. The van der Waals surface area contributed by atoms with Gasteiger partial charge in [-0.3, -0.25) is 0 Å². The SMILES string of the molecule is Fc1ccc(NC2CCN(c3ccccc3)CC2)cc1. The van der Waals surface area contributed by atoms with E-state index in [0.717, 1.165) is 31.6 Å². The van der Waals surface area contributed by atoms with Crippen molar-refractivity contribution in [1.82, 2.24) is 0 Å². The molecule has 0 spiro atoms. The smallest absolute Gasteiger partial charge is 0.123 e. The Kier molecular flexibility index (Phi) is 3.86. The maximum atomic E-state index is 12.9. The molecule has 1 aliphatic rings. The molecule has 0 radical (unpaired) electrons. The van der Waals surface area contributed by atoms with E-state index < -0.39 is 0 Å². The third-order valence-electron chi connectivity index (χ3n) is 3.83. The third kappa shape index (κ3) is 3.10. The van der Waals surface area contributed by atoms with Gasteiger partial charge in [-0.05, 0) is 49.2 Å². The molecular weight excluding hydrogens is 251 g/mol. The molecule has 1 fully saturated rings. The molecule has 2 nitrogen and oxygen atoms in total. The fourth-order valence-corrected chi connectivity index (χ4v) is 2.70. The average molecular weight is 270 g/mol. The zero-order valence-electron chi connectivity index (χ0n) is 11.4. The fraction of sp³-hybridized carbons (Fsp3) is 0.294. The Morgan fingerprint density at radius 1 is 0.900 bits per heavy atom. The number of rotatable bonds is 3. The van der Waals surface area contributed by atoms with Crippen molar-refractivity contribution in [3.63, 3.8) is 0 Å². The predicted molar refractivity (Wildman–Crippen MR) is 81.7 cm³/mol. The zero-order chi connectivity index (χ0) is 13.8. The van der Waals surface area contributed by atoms with Gasteiger partial charge in [-0.25, -0.2) is 4.39 Å². The summed E-state index contributed by atoms with van der Waals surface area (Å²) in [6.45, 7) is 2.12. The van der Waals surface area contributed by atoms with Crippen LogP contribution in [0.3, 0.4) is 0 Å². The topological polar surface area (TPSA) is 15.3 Å². The maximum Gasteiger partial charge on any atom is 0.123 e. The van der Waals surface area contributed by atoms with E-state index in [-0.39, 0.29) is 5.82 Å². The second kappa shape index (κ2) is 5.95. The van der Waals surface area contributed by atoms with Crippen LogP contribution in [0.25, 0.3) is 0 Å². The molecule has 0 bridgehead atoms. The van der Waals surface area contributed by atoms with Crippen LogP contribution >= 0.6 is 0 Å². The first-order valence-corrected chi connectivity index (χ1v) is 7.13. The van der Waals surface area contributed by atoms with Gasteiger partial charge >= 0.3 is 0 Å². The van der Waals surface area contributed by atoms with E-state index in [0.29, 0.717) is 6.04 Å². The molecular formula is C17H19FN2. The second-order valence-corrected chi connectivity index (χ2v) is 5.25. The number of nitrogens with one attached hydrogen (secondary N) is 1. The van der Waals surface area contributed by atoms with Crippen molar-refractivity contribution in [2.75, 3.05) is 23.3 Å². The lowest BCUT2D eigenvalue weighted by Gasteiger charge is -2.34. The van der Waals surface area contributed by atoms with Crippen molar-refractivity contribution >= 4 is 11.4 Å². The number of halogens is 1. The third-order valence-corrected chi connectivity index (χ3v) is 3.83. The average Bonchev–Trinajstić information content (AvgIpc) is 2.51. The van der Waals surface area contributed by atoms with Crippen LogP contribution in [0.4, 0.5) is 15.8 Å². The van der Waals surface area contributed by atoms with Crippen LogP contribution in [0.2, 0.25) is 0 Å². The van der Waals surface area contributed by atoms with Crippen molar-refractivity contribution in [1.29, 1.82) is 0 Å². The Labute approximate surface area is 119 Å². The van der Waals surface area contributed by atoms with E-state index in [1.54, 1.807) is 12.1 Å². The number of para-hydroxylation sites is 1. The van der Waals surface area contributed by atoms with Crippen LogP contribution in [-0.2, 0) is 0 Å². The molecule has 1 N–H and O–H groups in total. The van der Waals surface area contributed by atoms with E-state index in [9.17, 15) is 4.39 Å². The molecule has 0 amide bonds. The summed E-state index contributed by atoms with van der Waals surface area (Å²) in [5.41, 5.74) is 2.30. The number of anilines is 2. The van der Waals surface area contributed by atoms with Gasteiger partial charge in [0.05, 0.1) is 0 Å². The number of piperidine rings is 1. The van der Waals surface area contributed by atoms with E-state index in [2.05, 4.69) is 34.5 Å². The summed E-state index contributed by atoms with van der Waals surface area (Å²) < 4.78 is 12.9. The first kappa shape index (κ1) is 13.0. The molecule has 1 aliphatic heterocycles. The molecule has 0 saturated carbocycles. The van der Waals surface area contributed by atoms with Crippen molar-refractivity contribution in [3.05, 3.63) is 60.4 Å². The van der Waals surface area contributed by atoms with Gasteiger partial charge in [0.2, 0.25) is 0 Å². The predicted octanol–water partition coefficient (Wildman–Crippen LogP) is 3.91. The number of hydrogen-bond acceptors (Lipinski definition) is 2. The molecule has 0 aliphatic carbocycles. The van der Waals surface area contributed by atoms with Gasteiger partial charge in [0, 0.05) is 30.5 Å². The molecule has 104 valence electrons. The van der Waals surface area contributed by atoms with Gasteiger partial charge in [0.1, 0.15) is 5.82 Å². The van der Waals surface area contributed by atoms with Crippen LogP contribution < -0.4 is 10.2 Å². The minimum absolute atomic E-state index is 0.186. The van der Waals surface area contributed by atoms with E-state index in [1.165, 1.54) is 17.8 Å². The van der Waals surface area contributed by atoms with Gasteiger partial charge < -0.3 is 10.2 Å². The van der Waals surface area contributed by atoms with Gasteiger partial charge in [0.25, 0.3) is 0 Å². The summed E-state index contributed by atoms with van der Waals surface area (Å²) in [5.74, 6) is -0.186. The van der Waals surface area contributed by atoms with Crippen molar-refractivity contribution in [2.45, 2.75) is 18.9 Å². The number of hydrogen-bond donors (Lipinski definition) is 1. The molecule has 3 rings (SSSR count). The lowest BCUT2D eigenvalue weighted by Crippen LogP contribution is -2.39. The van der Waals surface area contributed by atoms with Crippen molar-refractivity contribution in [3.8, 4) is 0 Å². The summed E-state index contributed by atoms with van der Waals surface area (Å²) in [4.78, 5) is 2.42. The molecule has 1 heterocycles. The highest BCUT2D eigenvalue weighted by atomic mass is 19.1. The quantitative estimate of drug-likeness (QED) is 0.909. The minimum atomic E-state index is -0.186. The molecule has 0 atom stereocenters. The van der Waals surface area contributed by atoms with Gasteiger partial charge in [-0.15, -0.1) is 0 Å². The van der Waals surface area contributed by atoms with Crippen molar-refractivity contribution in [2.24, 2.45) is 0 Å². The lowest BCUT2D eigenvalue weighted by molar-refractivity contribution is 0.526. The largest absolute Gasteiger partial charge is 0.382 e. The second-order valence-electron chi connectivity index (χ2n) is 5.25. The summed E-state index contributed by atoms with van der Waals surface area (Å²) in [6.07, 6.45) is 2.21. The normalized spacial score (nSPS) is 16.1. The summed E-state index contributed by atoms with van der Waals surface area (Å²) in [6, 6.07) is 17.6. The van der Waals surface area contributed by atoms with E-state index in [1.807, 2.05) is 6.07 Å². The first-order valence-electron chi connectivity index (χ1n) is 7.13. The van der Waals surface area contributed by atoms with Crippen molar-refractivity contribution < 1.29 is 4.39 Å². The molecule has 0 aromatic heterocycles. The fourth-order valence-electron chi connectivity index (χ4n) is 2.70. The minimum Gasteiger partial charge on any atom is -0.382 e. The molecule has 1 saturated heterocycles. The Balaban J connectivity index is 1.55. The van der Waals surface area contributed by atoms with E-state index >= 15 is 0 Å². The van der Waals surface area contributed by atoms with Crippen LogP contribution in [0.1, 0.15) is 12.8 Å². The van der Waals surface area contributed by atoms with Crippen LogP contribution in [-0.4, -0.2) is 19.1 Å². The van der Waals surface area contributed by atoms with Crippen LogP contribution in [0.5, 0.6) is 0 Å². The standard InChI is InChI=1S/C17H19FN2/c18-14-6-8-15(9-7-14)19-16-10-12-20(13-11-16)17-4-2-1-3-5-17/h1-9,16,19H,10-13H2. The lowest BCUT2D eigenvalue weighted by atomic mass is 10.0. The maximum absolute atomic E-state index is 12.9. The van der Waals surface area contributed by atoms with Gasteiger partial charge in [-0.2, -0.15) is 0 Å². The highest BCUT2D eigenvalue weighted by Crippen LogP contribution is 2.21. The summed E-state index contributed by atoms with van der Waals surface area (Å²) in [5, 5.41) is 3.49. The van der Waals surface area contributed by atoms with Crippen LogP contribution in [0, 0.1) is 5.82 Å². The van der Waals surface area contributed by atoms with Gasteiger partial charge in [0.15, 0.2) is 0 Å². The van der Waals surface area contributed by atoms with Gasteiger partial charge in [-0.1, -0.05) is 18.2 Å². The first-order chi connectivity index (χ1) is 9.81. The Bertz CT molecular complexity index is 531. The highest BCUT2D eigenvalue weighted by molar-refractivity contribution is 5.47. The molecule has 20 heavy (non-hydrogen) atoms. The zero-order valence-corrected chi connectivity index (χ0v) is 11.4. The Morgan fingerprint density at radius 2 is 1.55 bits per heavy atom. The molecule has 3 heteroatoms. The number of nitrogens with zero attached hydrogens (tertiary/aromatic N) is 1. The molecule has 2 aromatic carbocycles.